The van der Waals surface area contributed by atoms with E-state index in [2.05, 4.69) is 17.0 Å². The molecule has 0 fully saturated rings. The zero-order valence-corrected chi connectivity index (χ0v) is 25.4. The van der Waals surface area contributed by atoms with E-state index in [1.54, 1.807) is 13.0 Å². The molecule has 1 aromatic rings. The van der Waals surface area contributed by atoms with Crippen LogP contribution in [0.15, 0.2) is 80.6 Å². The van der Waals surface area contributed by atoms with Crippen molar-refractivity contribution in [2.75, 3.05) is 13.7 Å². The summed E-state index contributed by atoms with van der Waals surface area (Å²) in [5.41, 5.74) is 14.8. The molecule has 1 aromatic carbocycles. The summed E-state index contributed by atoms with van der Waals surface area (Å²) in [6, 6.07) is 4.92. The molecule has 0 bridgehead atoms. The quantitative estimate of drug-likeness (QED) is 0.167. The fraction of sp³-hybridized carbons (Fsp3) is 0.484. The predicted octanol–water partition coefficient (Wildman–Crippen LogP) is 8.79. The summed E-state index contributed by atoms with van der Waals surface area (Å²) in [6.45, 7) is 10.0. The molecule has 10 heteroatoms. The number of halogens is 4. The summed E-state index contributed by atoms with van der Waals surface area (Å²) in [5.74, 6) is 0.403. The Morgan fingerprint density at radius 2 is 1.88 bits per heavy atom. The monoisotopic (exact) mass is 591 g/mol. The third kappa shape index (κ3) is 8.04. The number of unbranched alkanes of at least 4 members (excludes halogenated alkanes) is 1. The first kappa shape index (κ1) is 34.2. The molecule has 0 saturated carbocycles. The lowest BCUT2D eigenvalue weighted by Gasteiger charge is -2.46. The first-order valence-electron chi connectivity index (χ1n) is 13.6. The van der Waals surface area contributed by atoms with Gasteiger partial charge in [-0.25, -0.2) is 10.5 Å². The van der Waals surface area contributed by atoms with Crippen molar-refractivity contribution < 1.29 is 17.9 Å². The molecule has 0 amide bonds. The maximum absolute atomic E-state index is 13.1. The Morgan fingerprint density at radius 1 is 1.24 bits per heavy atom. The maximum Gasteiger partial charge on any atom is 0.416 e. The molecule has 41 heavy (non-hydrogen) atoms. The van der Waals surface area contributed by atoms with Crippen molar-refractivity contribution in [1.82, 2.24) is 0 Å². The van der Waals surface area contributed by atoms with Gasteiger partial charge in [-0.05, 0) is 54.2 Å². The summed E-state index contributed by atoms with van der Waals surface area (Å²) < 4.78 is 44.7. The average Bonchev–Trinajstić information content (AvgIpc) is 2.91. The largest absolute Gasteiger partial charge is 0.481 e. The van der Waals surface area contributed by atoms with Gasteiger partial charge in [0.25, 0.3) is 0 Å². The zero-order chi connectivity index (χ0) is 31.0. The molecule has 2 rings (SSSR count). The van der Waals surface area contributed by atoms with Crippen LogP contribution in [-0.4, -0.2) is 30.8 Å². The Morgan fingerprint density at radius 3 is 2.37 bits per heavy atom. The van der Waals surface area contributed by atoms with Gasteiger partial charge in [0.05, 0.1) is 29.8 Å². The number of nitrogens with zero attached hydrogens (tertiary/aromatic N) is 2. The van der Waals surface area contributed by atoms with Gasteiger partial charge in [0.1, 0.15) is 0 Å². The van der Waals surface area contributed by atoms with Crippen molar-refractivity contribution in [2.24, 2.45) is 27.2 Å². The minimum Gasteiger partial charge on any atom is -0.481 e. The first-order valence-corrected chi connectivity index (χ1v) is 14.0. The SMILES string of the molecule is CCCCC(C)(C(C)=N)C(N)(/C=C/N=N)C(/C=C1\CN=C(OC)C(Cc2ccc(C(F)(F)F)cc2)=C1Cl)=C/C(C)C. The molecule has 1 aliphatic rings. The number of hydrogen-bond donors (Lipinski definition) is 3. The Labute approximate surface area is 246 Å². The van der Waals surface area contributed by atoms with E-state index in [9.17, 15) is 13.2 Å². The molecule has 1 aliphatic heterocycles. The summed E-state index contributed by atoms with van der Waals surface area (Å²) >= 11 is 6.97. The standard InChI is InChI=1S/C31H41ClF3N5O/c1-7-8-13-29(5,21(4)36)30(37,14-15-40-38)25(16-20(2)3)18-23-19-39-28(41-6)26(27(23)32)17-22-9-11-24(12-10-22)31(33,34)35/h9-12,14-16,18,20,36,38H,7-8,13,17,19,37H2,1-6H3/b15-14+,23-18+,25-16+,36-21?,40-38?. The topological polar surface area (TPSA) is 108 Å². The maximum atomic E-state index is 13.1. The second-order valence-corrected chi connectivity index (χ2v) is 11.3. The fourth-order valence-corrected chi connectivity index (χ4v) is 5.18. The Bertz CT molecular complexity index is 1260. The van der Waals surface area contributed by atoms with E-state index in [0.717, 1.165) is 25.0 Å². The Kier molecular flexibility index (Phi) is 11.9. The minimum atomic E-state index is -4.43. The molecule has 6 nitrogen and oxygen atoms in total. The van der Waals surface area contributed by atoms with Gasteiger partial charge in [0, 0.05) is 29.3 Å². The third-order valence-corrected chi connectivity index (χ3v) is 8.03. The number of nitrogens with one attached hydrogen (secondary N) is 2. The van der Waals surface area contributed by atoms with Gasteiger partial charge >= 0.3 is 6.18 Å². The molecule has 0 aromatic heterocycles. The highest BCUT2D eigenvalue weighted by Gasteiger charge is 2.47. The van der Waals surface area contributed by atoms with Crippen molar-refractivity contribution >= 4 is 23.2 Å². The number of benzene rings is 1. The summed E-state index contributed by atoms with van der Waals surface area (Å²) in [5, 5.41) is 12.5. The Balaban J connectivity index is 2.72. The van der Waals surface area contributed by atoms with Gasteiger partial charge < -0.3 is 15.9 Å². The van der Waals surface area contributed by atoms with Crippen molar-refractivity contribution in [3.63, 3.8) is 0 Å². The summed E-state index contributed by atoms with van der Waals surface area (Å²) in [6.07, 6.45) is 5.12. The molecular formula is C31H41ClF3N5O. The molecular weight excluding hydrogens is 551 g/mol. The minimum absolute atomic E-state index is 0.0866. The highest BCUT2D eigenvalue weighted by molar-refractivity contribution is 6.34. The van der Waals surface area contributed by atoms with Gasteiger partial charge in [-0.15, -0.1) is 0 Å². The van der Waals surface area contributed by atoms with E-state index >= 15 is 0 Å². The van der Waals surface area contributed by atoms with Crippen molar-refractivity contribution in [1.29, 1.82) is 10.9 Å². The molecule has 0 radical (unpaired) electrons. The highest BCUT2D eigenvalue weighted by Crippen LogP contribution is 2.44. The molecule has 2 unspecified atom stereocenters. The lowest BCUT2D eigenvalue weighted by Crippen LogP contribution is -2.57. The number of aliphatic imine (C=N–C) groups is 1. The van der Waals surface area contributed by atoms with E-state index in [1.807, 2.05) is 32.9 Å². The number of alkyl halides is 3. The molecule has 1 heterocycles. The van der Waals surface area contributed by atoms with Gasteiger partial charge in [-0.1, -0.05) is 76.4 Å². The van der Waals surface area contributed by atoms with Crippen molar-refractivity contribution in [3.05, 3.63) is 81.6 Å². The van der Waals surface area contributed by atoms with Crippen LogP contribution in [0.25, 0.3) is 0 Å². The normalized spacial score (nSPS) is 18.9. The van der Waals surface area contributed by atoms with E-state index in [4.69, 9.17) is 33.0 Å². The van der Waals surface area contributed by atoms with Gasteiger partial charge in [-0.2, -0.15) is 18.3 Å². The molecule has 0 saturated heterocycles. The smallest absolute Gasteiger partial charge is 0.416 e. The highest BCUT2D eigenvalue weighted by atomic mass is 35.5. The van der Waals surface area contributed by atoms with Crippen LogP contribution in [-0.2, 0) is 17.3 Å². The van der Waals surface area contributed by atoms with Gasteiger partial charge in [0.15, 0.2) is 0 Å². The summed E-state index contributed by atoms with van der Waals surface area (Å²) in [4.78, 5) is 4.56. The van der Waals surface area contributed by atoms with E-state index in [1.165, 1.54) is 25.4 Å². The van der Waals surface area contributed by atoms with E-state index in [-0.39, 0.29) is 18.9 Å². The van der Waals surface area contributed by atoms with Crippen LogP contribution in [0.2, 0.25) is 0 Å². The number of nitrogens with two attached hydrogens (primary N) is 1. The number of rotatable bonds is 12. The van der Waals surface area contributed by atoms with Crippen LogP contribution in [0, 0.1) is 22.3 Å². The zero-order valence-electron chi connectivity index (χ0n) is 24.6. The van der Waals surface area contributed by atoms with Crippen molar-refractivity contribution in [2.45, 2.75) is 72.0 Å². The molecule has 2 atom stereocenters. The molecule has 4 N–H and O–H groups in total. The number of hydrogen-bond acceptors (Lipinski definition) is 6. The van der Waals surface area contributed by atoms with Crippen LogP contribution >= 0.6 is 11.6 Å². The van der Waals surface area contributed by atoms with E-state index < -0.39 is 22.7 Å². The van der Waals surface area contributed by atoms with Crippen LogP contribution in [0.5, 0.6) is 0 Å². The first-order chi connectivity index (χ1) is 19.1. The molecule has 0 spiro atoms. The fourth-order valence-electron chi connectivity index (χ4n) is 4.92. The van der Waals surface area contributed by atoms with Crippen LogP contribution in [0.3, 0.4) is 0 Å². The molecule has 0 aliphatic carbocycles. The number of methoxy groups -OCH3 is 1. The van der Waals surface area contributed by atoms with Gasteiger partial charge in [-0.3, -0.25) is 0 Å². The lowest BCUT2D eigenvalue weighted by molar-refractivity contribution is -0.137. The summed E-state index contributed by atoms with van der Waals surface area (Å²) in [7, 11) is 1.47. The van der Waals surface area contributed by atoms with Gasteiger partial charge in [0.2, 0.25) is 5.90 Å². The molecule has 224 valence electrons. The Hall–Kier alpha value is -3.04. The number of allylic oxidation sites excluding steroid dienone is 1. The van der Waals surface area contributed by atoms with Crippen LogP contribution in [0.1, 0.15) is 65.0 Å². The van der Waals surface area contributed by atoms with Crippen LogP contribution in [0.4, 0.5) is 13.2 Å². The second-order valence-electron chi connectivity index (χ2n) is 10.9. The predicted molar refractivity (Wildman–Crippen MR) is 161 cm³/mol. The van der Waals surface area contributed by atoms with Crippen molar-refractivity contribution in [3.8, 4) is 0 Å². The van der Waals surface area contributed by atoms with Crippen LogP contribution < -0.4 is 5.73 Å². The second kappa shape index (κ2) is 14.2. The lowest BCUT2D eigenvalue weighted by atomic mass is 9.61. The number of ether oxygens (including phenoxy) is 1. The van der Waals surface area contributed by atoms with E-state index in [0.29, 0.717) is 45.3 Å². The third-order valence-electron chi connectivity index (χ3n) is 7.56. The average molecular weight is 592 g/mol. The number of dihydropyridines is 1.